The van der Waals surface area contributed by atoms with Crippen molar-refractivity contribution in [2.24, 2.45) is 0 Å². The second-order valence-corrected chi connectivity index (χ2v) is 5.36. The van der Waals surface area contributed by atoms with E-state index in [2.05, 4.69) is 27.6 Å². The Morgan fingerprint density at radius 2 is 2.00 bits per heavy atom. The summed E-state index contributed by atoms with van der Waals surface area (Å²) in [6.45, 7) is 0. The summed E-state index contributed by atoms with van der Waals surface area (Å²) >= 11 is 2.18. The number of nitrogens with one attached hydrogen (secondary N) is 1. The van der Waals surface area contributed by atoms with E-state index in [1.807, 2.05) is 24.3 Å². The van der Waals surface area contributed by atoms with Gasteiger partial charge in [0.15, 0.2) is 5.58 Å². The van der Waals surface area contributed by atoms with Gasteiger partial charge in [0.2, 0.25) is 0 Å². The maximum atomic E-state index is 11.1. The predicted octanol–water partition coefficient (Wildman–Crippen LogP) is 2.81. The summed E-state index contributed by atoms with van der Waals surface area (Å²) in [6, 6.07) is 12.8. The highest BCUT2D eigenvalue weighted by Crippen LogP contribution is 2.27. The molecule has 3 rings (SSSR count). The molecule has 0 saturated carbocycles. The summed E-state index contributed by atoms with van der Waals surface area (Å²) in [7, 11) is 0. The van der Waals surface area contributed by atoms with Crippen molar-refractivity contribution in [1.82, 2.24) is 4.98 Å². The standard InChI is InChI=1S/C14H10INO3/c15-10-4-2-1-3-9(10)13(17)8-5-6-11-12(7-8)19-14(18)16-11/h1-7,13,17H,(H,16,18). The van der Waals surface area contributed by atoms with Crippen LogP contribution in [0.15, 0.2) is 51.7 Å². The third-order valence-corrected chi connectivity index (χ3v) is 3.94. The van der Waals surface area contributed by atoms with E-state index in [0.29, 0.717) is 16.7 Å². The van der Waals surface area contributed by atoms with Crippen LogP contribution >= 0.6 is 22.6 Å². The van der Waals surface area contributed by atoms with Gasteiger partial charge in [-0.2, -0.15) is 0 Å². The molecule has 0 radical (unpaired) electrons. The summed E-state index contributed by atoms with van der Waals surface area (Å²) < 4.78 is 5.99. The molecule has 0 amide bonds. The normalized spacial score (nSPS) is 12.7. The van der Waals surface area contributed by atoms with E-state index >= 15 is 0 Å². The summed E-state index contributed by atoms with van der Waals surface area (Å²) in [5, 5.41) is 10.4. The second-order valence-electron chi connectivity index (χ2n) is 4.19. The third-order valence-electron chi connectivity index (χ3n) is 2.96. The lowest BCUT2D eigenvalue weighted by Gasteiger charge is -2.12. The van der Waals surface area contributed by atoms with Gasteiger partial charge in [0.25, 0.3) is 0 Å². The lowest BCUT2D eigenvalue weighted by Crippen LogP contribution is -2.01. The molecule has 96 valence electrons. The Morgan fingerprint density at radius 3 is 2.79 bits per heavy atom. The third kappa shape index (κ3) is 2.31. The van der Waals surface area contributed by atoms with E-state index < -0.39 is 11.9 Å². The van der Waals surface area contributed by atoms with Crippen molar-refractivity contribution in [2.45, 2.75) is 6.10 Å². The molecule has 0 aliphatic heterocycles. The number of oxazole rings is 1. The Morgan fingerprint density at radius 1 is 1.21 bits per heavy atom. The number of hydrogen-bond acceptors (Lipinski definition) is 3. The van der Waals surface area contributed by atoms with Crippen molar-refractivity contribution in [3.63, 3.8) is 0 Å². The molecular weight excluding hydrogens is 357 g/mol. The number of hydrogen-bond donors (Lipinski definition) is 2. The highest BCUT2D eigenvalue weighted by Gasteiger charge is 2.14. The van der Waals surface area contributed by atoms with Crippen molar-refractivity contribution in [3.05, 3.63) is 67.7 Å². The number of H-pyrrole nitrogens is 1. The Labute approximate surface area is 122 Å². The zero-order valence-corrected chi connectivity index (χ0v) is 11.9. The topological polar surface area (TPSA) is 66.2 Å². The van der Waals surface area contributed by atoms with Crippen LogP contribution in [0.3, 0.4) is 0 Å². The lowest BCUT2D eigenvalue weighted by atomic mass is 10.0. The average molecular weight is 367 g/mol. The highest BCUT2D eigenvalue weighted by atomic mass is 127. The van der Waals surface area contributed by atoms with Crippen LogP contribution in [0.1, 0.15) is 17.2 Å². The van der Waals surface area contributed by atoms with Gasteiger partial charge in [0, 0.05) is 3.57 Å². The van der Waals surface area contributed by atoms with E-state index in [1.165, 1.54) is 0 Å². The number of halogens is 1. The SMILES string of the molecule is O=c1[nH]c2ccc(C(O)c3ccccc3I)cc2o1. The van der Waals surface area contributed by atoms with Gasteiger partial charge in [0.1, 0.15) is 6.10 Å². The van der Waals surface area contributed by atoms with Crippen LogP contribution in [0.4, 0.5) is 0 Å². The molecule has 19 heavy (non-hydrogen) atoms. The van der Waals surface area contributed by atoms with E-state index in [-0.39, 0.29) is 0 Å². The largest absolute Gasteiger partial charge is 0.417 e. The zero-order valence-electron chi connectivity index (χ0n) is 9.76. The van der Waals surface area contributed by atoms with Crippen LogP contribution in [-0.4, -0.2) is 10.1 Å². The number of aromatic amines is 1. The Bertz CT molecular complexity index is 790. The maximum absolute atomic E-state index is 11.1. The lowest BCUT2D eigenvalue weighted by molar-refractivity contribution is 0.219. The van der Waals surface area contributed by atoms with Crippen LogP contribution < -0.4 is 5.76 Å². The van der Waals surface area contributed by atoms with Crippen LogP contribution in [0.25, 0.3) is 11.1 Å². The first-order valence-corrected chi connectivity index (χ1v) is 6.78. The van der Waals surface area contributed by atoms with Gasteiger partial charge in [-0.25, -0.2) is 4.79 Å². The molecule has 1 aromatic heterocycles. The first-order valence-electron chi connectivity index (χ1n) is 5.70. The Hall–Kier alpha value is -1.60. The highest BCUT2D eigenvalue weighted by molar-refractivity contribution is 14.1. The Balaban J connectivity index is 2.08. The average Bonchev–Trinajstić information content (AvgIpc) is 2.77. The molecule has 1 atom stereocenters. The first-order chi connectivity index (χ1) is 9.15. The van der Waals surface area contributed by atoms with Crippen LogP contribution in [-0.2, 0) is 0 Å². The fourth-order valence-corrected chi connectivity index (χ4v) is 2.69. The van der Waals surface area contributed by atoms with Gasteiger partial charge < -0.3 is 9.52 Å². The zero-order chi connectivity index (χ0) is 13.4. The molecule has 0 spiro atoms. The molecule has 5 heteroatoms. The molecule has 1 unspecified atom stereocenters. The van der Waals surface area contributed by atoms with Crippen molar-refractivity contribution >= 4 is 33.7 Å². The van der Waals surface area contributed by atoms with Gasteiger partial charge >= 0.3 is 5.76 Å². The summed E-state index contributed by atoms with van der Waals surface area (Å²) in [5.41, 5.74) is 2.61. The van der Waals surface area contributed by atoms with Gasteiger partial charge in [-0.3, -0.25) is 4.98 Å². The maximum Gasteiger partial charge on any atom is 0.417 e. The van der Waals surface area contributed by atoms with Gasteiger partial charge in [-0.15, -0.1) is 0 Å². The minimum atomic E-state index is -0.738. The molecule has 0 aliphatic carbocycles. The number of aromatic nitrogens is 1. The molecule has 2 N–H and O–H groups in total. The van der Waals surface area contributed by atoms with Crippen molar-refractivity contribution in [2.75, 3.05) is 0 Å². The van der Waals surface area contributed by atoms with E-state index in [0.717, 1.165) is 9.13 Å². The molecule has 0 saturated heterocycles. The monoisotopic (exact) mass is 367 g/mol. The van der Waals surface area contributed by atoms with Gasteiger partial charge in [0.05, 0.1) is 5.52 Å². The van der Waals surface area contributed by atoms with Crippen molar-refractivity contribution in [1.29, 1.82) is 0 Å². The molecule has 0 aliphatic rings. The first kappa shape index (κ1) is 12.4. The fourth-order valence-electron chi connectivity index (χ4n) is 2.01. The van der Waals surface area contributed by atoms with Gasteiger partial charge in [-0.1, -0.05) is 24.3 Å². The molecule has 3 aromatic rings. The number of benzene rings is 2. The van der Waals surface area contributed by atoms with Crippen LogP contribution in [0.5, 0.6) is 0 Å². The smallest absolute Gasteiger partial charge is 0.408 e. The van der Waals surface area contributed by atoms with E-state index in [4.69, 9.17) is 4.42 Å². The number of rotatable bonds is 2. The van der Waals surface area contributed by atoms with Crippen LogP contribution in [0.2, 0.25) is 0 Å². The number of fused-ring (bicyclic) bond motifs is 1. The Kier molecular flexibility index (Phi) is 3.16. The van der Waals surface area contributed by atoms with Crippen molar-refractivity contribution < 1.29 is 9.52 Å². The molecule has 2 aromatic carbocycles. The fraction of sp³-hybridized carbons (Fsp3) is 0.0714. The molecule has 4 nitrogen and oxygen atoms in total. The van der Waals surface area contributed by atoms with Gasteiger partial charge in [-0.05, 0) is 51.9 Å². The minimum Gasteiger partial charge on any atom is -0.408 e. The number of aliphatic hydroxyl groups is 1. The quantitative estimate of drug-likeness (QED) is 0.685. The van der Waals surface area contributed by atoms with E-state index in [9.17, 15) is 9.90 Å². The molecular formula is C14H10INO3. The van der Waals surface area contributed by atoms with E-state index in [1.54, 1.807) is 18.2 Å². The van der Waals surface area contributed by atoms with Crippen LogP contribution in [0, 0.1) is 3.57 Å². The minimum absolute atomic E-state index is 0.451. The molecule has 1 heterocycles. The summed E-state index contributed by atoms with van der Waals surface area (Å²) in [4.78, 5) is 13.7. The summed E-state index contributed by atoms with van der Waals surface area (Å²) in [6.07, 6.45) is -0.738. The molecule has 0 fully saturated rings. The number of aliphatic hydroxyl groups excluding tert-OH is 1. The summed E-state index contributed by atoms with van der Waals surface area (Å²) in [5.74, 6) is -0.490. The van der Waals surface area contributed by atoms with Crippen molar-refractivity contribution in [3.8, 4) is 0 Å². The second kappa shape index (κ2) is 4.82. The molecule has 0 bridgehead atoms. The predicted molar refractivity (Wildman–Crippen MR) is 80.1 cm³/mol.